The first-order valence-electron chi connectivity index (χ1n) is 7.27. The van der Waals surface area contributed by atoms with Crippen molar-refractivity contribution in [3.63, 3.8) is 0 Å². The summed E-state index contributed by atoms with van der Waals surface area (Å²) in [6, 6.07) is 9.03. The number of rotatable bonds is 6. The van der Waals surface area contributed by atoms with Crippen molar-refractivity contribution in [3.8, 4) is 0 Å². The highest BCUT2D eigenvalue weighted by atomic mass is 32.2. The molecule has 108 valence electrons. The Labute approximate surface area is 123 Å². The summed E-state index contributed by atoms with van der Waals surface area (Å²) in [5.74, 6) is 0.725. The summed E-state index contributed by atoms with van der Waals surface area (Å²) < 4.78 is 0. The largest absolute Gasteiger partial charge is 0.315 e. The van der Waals surface area contributed by atoms with E-state index in [4.69, 9.17) is 0 Å². The number of thioether (sulfide) groups is 1. The predicted molar refractivity (Wildman–Crippen MR) is 88.2 cm³/mol. The second-order valence-corrected chi connectivity index (χ2v) is 8.27. The van der Waals surface area contributed by atoms with Gasteiger partial charge in [0, 0.05) is 16.7 Å². The molecule has 2 heteroatoms. The van der Waals surface area contributed by atoms with E-state index in [0.29, 0.717) is 5.25 Å². The Morgan fingerprint density at radius 2 is 1.58 bits per heavy atom. The molecule has 0 aliphatic rings. The van der Waals surface area contributed by atoms with Crippen LogP contribution in [-0.4, -0.2) is 18.3 Å². The van der Waals surface area contributed by atoms with Crippen LogP contribution in [0.2, 0.25) is 0 Å². The summed E-state index contributed by atoms with van der Waals surface area (Å²) in [5, 5.41) is 4.13. The Morgan fingerprint density at radius 1 is 1.00 bits per heavy atom. The molecule has 0 bridgehead atoms. The SMILES string of the molecule is CC(C)CNCC(C)Sc1ccc(C(C)(C)C)cc1. The maximum absolute atomic E-state index is 3.52. The van der Waals surface area contributed by atoms with Crippen LogP contribution in [0.4, 0.5) is 0 Å². The molecule has 1 aromatic carbocycles. The lowest BCUT2D eigenvalue weighted by Gasteiger charge is -2.19. The van der Waals surface area contributed by atoms with Crippen molar-refractivity contribution in [2.24, 2.45) is 5.92 Å². The molecule has 0 aliphatic heterocycles. The van der Waals surface area contributed by atoms with Crippen LogP contribution in [0.3, 0.4) is 0 Å². The maximum atomic E-state index is 3.52. The lowest BCUT2D eigenvalue weighted by molar-refractivity contribution is 0.554. The number of hydrogen-bond donors (Lipinski definition) is 1. The van der Waals surface area contributed by atoms with Gasteiger partial charge in [0.25, 0.3) is 0 Å². The van der Waals surface area contributed by atoms with Gasteiger partial charge in [-0.05, 0) is 35.6 Å². The van der Waals surface area contributed by atoms with Gasteiger partial charge in [-0.25, -0.2) is 0 Å². The fourth-order valence-corrected chi connectivity index (χ4v) is 2.84. The molecule has 0 heterocycles. The molecule has 0 aromatic heterocycles. The standard InChI is InChI=1S/C17H29NS/c1-13(2)11-18-12-14(3)19-16-9-7-15(8-10-16)17(4,5)6/h7-10,13-14,18H,11-12H2,1-6H3. The fraction of sp³-hybridized carbons (Fsp3) is 0.647. The zero-order valence-corrected chi connectivity index (χ0v) is 14.1. The van der Waals surface area contributed by atoms with Gasteiger partial charge >= 0.3 is 0 Å². The van der Waals surface area contributed by atoms with Crippen molar-refractivity contribution in [1.29, 1.82) is 0 Å². The van der Waals surface area contributed by atoms with E-state index in [1.54, 1.807) is 0 Å². The van der Waals surface area contributed by atoms with Crippen LogP contribution in [0.1, 0.15) is 47.1 Å². The average Bonchev–Trinajstić information content (AvgIpc) is 2.27. The molecule has 0 radical (unpaired) electrons. The minimum absolute atomic E-state index is 0.244. The van der Waals surface area contributed by atoms with E-state index in [1.165, 1.54) is 10.5 Å². The molecular formula is C17H29NS. The molecule has 0 spiro atoms. The van der Waals surface area contributed by atoms with E-state index in [2.05, 4.69) is 71.1 Å². The smallest absolute Gasteiger partial charge is 0.0191 e. The van der Waals surface area contributed by atoms with Gasteiger partial charge in [-0.2, -0.15) is 0 Å². The molecule has 1 nitrogen and oxygen atoms in total. The minimum atomic E-state index is 0.244. The van der Waals surface area contributed by atoms with Gasteiger partial charge in [0.1, 0.15) is 0 Å². The van der Waals surface area contributed by atoms with E-state index in [0.717, 1.165) is 19.0 Å². The first-order valence-corrected chi connectivity index (χ1v) is 8.15. The molecule has 0 amide bonds. The number of benzene rings is 1. The lowest BCUT2D eigenvalue weighted by atomic mass is 9.87. The third kappa shape index (κ3) is 6.49. The Hall–Kier alpha value is -0.470. The lowest BCUT2D eigenvalue weighted by Crippen LogP contribution is -2.26. The van der Waals surface area contributed by atoms with E-state index in [9.17, 15) is 0 Å². The van der Waals surface area contributed by atoms with Gasteiger partial charge in [0.2, 0.25) is 0 Å². The maximum Gasteiger partial charge on any atom is 0.0191 e. The molecule has 1 atom stereocenters. The quantitative estimate of drug-likeness (QED) is 0.757. The zero-order chi connectivity index (χ0) is 14.5. The van der Waals surface area contributed by atoms with Crippen LogP contribution in [0.5, 0.6) is 0 Å². The summed E-state index contributed by atoms with van der Waals surface area (Å²) in [7, 11) is 0. The van der Waals surface area contributed by atoms with E-state index in [-0.39, 0.29) is 5.41 Å². The van der Waals surface area contributed by atoms with Crippen LogP contribution >= 0.6 is 11.8 Å². The molecule has 19 heavy (non-hydrogen) atoms. The van der Waals surface area contributed by atoms with Gasteiger partial charge < -0.3 is 5.32 Å². The molecular weight excluding hydrogens is 250 g/mol. The van der Waals surface area contributed by atoms with Crippen LogP contribution in [-0.2, 0) is 5.41 Å². The van der Waals surface area contributed by atoms with Gasteiger partial charge in [0.15, 0.2) is 0 Å². The second kappa shape index (κ2) is 7.35. The highest BCUT2D eigenvalue weighted by Crippen LogP contribution is 2.27. The summed E-state index contributed by atoms with van der Waals surface area (Å²) in [6.45, 7) is 15.7. The molecule has 1 N–H and O–H groups in total. The van der Waals surface area contributed by atoms with Crippen molar-refractivity contribution < 1.29 is 0 Å². The molecule has 0 aliphatic carbocycles. The highest BCUT2D eigenvalue weighted by molar-refractivity contribution is 8.00. The Morgan fingerprint density at radius 3 is 2.05 bits per heavy atom. The van der Waals surface area contributed by atoms with Crippen LogP contribution in [0, 0.1) is 5.92 Å². The van der Waals surface area contributed by atoms with Crippen molar-refractivity contribution >= 4 is 11.8 Å². The van der Waals surface area contributed by atoms with Gasteiger partial charge in [-0.3, -0.25) is 0 Å². The minimum Gasteiger partial charge on any atom is -0.315 e. The Kier molecular flexibility index (Phi) is 6.41. The second-order valence-electron chi connectivity index (χ2n) is 6.75. The molecule has 1 unspecified atom stereocenters. The molecule has 1 aromatic rings. The van der Waals surface area contributed by atoms with Crippen molar-refractivity contribution in [2.45, 2.75) is 57.1 Å². The van der Waals surface area contributed by atoms with Crippen LogP contribution in [0.15, 0.2) is 29.2 Å². The van der Waals surface area contributed by atoms with Crippen LogP contribution < -0.4 is 5.32 Å². The first kappa shape index (κ1) is 16.6. The normalized spacial score (nSPS) is 13.8. The molecule has 0 saturated carbocycles. The van der Waals surface area contributed by atoms with Gasteiger partial charge in [-0.15, -0.1) is 11.8 Å². The van der Waals surface area contributed by atoms with E-state index >= 15 is 0 Å². The highest BCUT2D eigenvalue weighted by Gasteiger charge is 2.13. The fourth-order valence-electron chi connectivity index (χ4n) is 1.88. The van der Waals surface area contributed by atoms with Gasteiger partial charge in [0.05, 0.1) is 0 Å². The Bertz CT molecular complexity index is 362. The summed E-state index contributed by atoms with van der Waals surface area (Å²) in [5.41, 5.74) is 1.65. The third-order valence-electron chi connectivity index (χ3n) is 3.04. The van der Waals surface area contributed by atoms with Crippen molar-refractivity contribution in [1.82, 2.24) is 5.32 Å². The monoisotopic (exact) mass is 279 g/mol. The van der Waals surface area contributed by atoms with Gasteiger partial charge in [-0.1, -0.05) is 53.7 Å². The predicted octanol–water partition coefficient (Wildman–Crippen LogP) is 4.71. The summed E-state index contributed by atoms with van der Waals surface area (Å²) >= 11 is 1.95. The topological polar surface area (TPSA) is 12.0 Å². The molecule has 1 rings (SSSR count). The van der Waals surface area contributed by atoms with Crippen molar-refractivity contribution in [2.75, 3.05) is 13.1 Å². The zero-order valence-electron chi connectivity index (χ0n) is 13.3. The number of nitrogens with one attached hydrogen (secondary N) is 1. The average molecular weight is 279 g/mol. The molecule has 0 fully saturated rings. The van der Waals surface area contributed by atoms with Crippen molar-refractivity contribution in [3.05, 3.63) is 29.8 Å². The Balaban J connectivity index is 2.44. The molecule has 0 saturated heterocycles. The van der Waals surface area contributed by atoms with Crippen LogP contribution in [0.25, 0.3) is 0 Å². The third-order valence-corrected chi connectivity index (χ3v) is 4.16. The van der Waals surface area contributed by atoms with E-state index in [1.807, 2.05) is 11.8 Å². The first-order chi connectivity index (χ1) is 8.79. The summed E-state index contributed by atoms with van der Waals surface area (Å²) in [6.07, 6.45) is 0. The number of hydrogen-bond acceptors (Lipinski definition) is 2. The van der Waals surface area contributed by atoms with E-state index < -0.39 is 0 Å². The summed E-state index contributed by atoms with van der Waals surface area (Å²) in [4.78, 5) is 1.37.